The van der Waals surface area contributed by atoms with Gasteiger partial charge >= 0.3 is 0 Å². The van der Waals surface area contributed by atoms with Crippen LogP contribution in [0.4, 0.5) is 0 Å². The van der Waals surface area contributed by atoms with Gasteiger partial charge in [-0.05, 0) is 27.7 Å². The van der Waals surface area contributed by atoms with Gasteiger partial charge in [0.15, 0.2) is 0 Å². The van der Waals surface area contributed by atoms with Crippen LogP contribution in [0.15, 0.2) is 0 Å². The average Bonchev–Trinajstić information content (AvgIpc) is 2.19. The van der Waals surface area contributed by atoms with Crippen LogP contribution in [0.5, 0.6) is 5.88 Å². The molecule has 0 radical (unpaired) electrons. The van der Waals surface area contributed by atoms with E-state index >= 15 is 0 Å². The van der Waals surface area contributed by atoms with Gasteiger partial charge < -0.3 is 9.47 Å². The fourth-order valence-corrected chi connectivity index (χ4v) is 1.34. The Balaban J connectivity index is 2.53. The first-order valence-electron chi connectivity index (χ1n) is 5.26. The standard InChI is InChI=1S/C11H17ClN2O2/c1-7(2)15-5-6-16-11-8(3)10(12)13-9(4)14-11/h7H,5-6H2,1-4H3. The van der Waals surface area contributed by atoms with Crippen LogP contribution in [0.1, 0.15) is 25.2 Å². The van der Waals surface area contributed by atoms with Gasteiger partial charge in [0.2, 0.25) is 5.88 Å². The zero-order chi connectivity index (χ0) is 12.1. The van der Waals surface area contributed by atoms with Gasteiger partial charge in [0.1, 0.15) is 17.6 Å². The Hall–Kier alpha value is -0.870. The monoisotopic (exact) mass is 244 g/mol. The fourth-order valence-electron chi connectivity index (χ4n) is 1.13. The molecule has 0 saturated carbocycles. The highest BCUT2D eigenvalue weighted by molar-refractivity contribution is 6.30. The quantitative estimate of drug-likeness (QED) is 0.590. The summed E-state index contributed by atoms with van der Waals surface area (Å²) in [6.45, 7) is 8.58. The van der Waals surface area contributed by atoms with Gasteiger partial charge in [0, 0.05) is 5.56 Å². The predicted octanol–water partition coefficient (Wildman–Crippen LogP) is 2.55. The molecule has 5 heteroatoms. The highest BCUT2D eigenvalue weighted by atomic mass is 35.5. The van der Waals surface area contributed by atoms with E-state index in [1.165, 1.54) is 0 Å². The molecule has 0 aliphatic carbocycles. The van der Waals surface area contributed by atoms with Crippen molar-refractivity contribution in [1.29, 1.82) is 0 Å². The van der Waals surface area contributed by atoms with E-state index in [2.05, 4.69) is 9.97 Å². The molecule has 1 heterocycles. The van der Waals surface area contributed by atoms with E-state index in [1.54, 1.807) is 6.92 Å². The highest BCUT2D eigenvalue weighted by Crippen LogP contribution is 2.21. The molecule has 90 valence electrons. The van der Waals surface area contributed by atoms with Crippen molar-refractivity contribution in [2.75, 3.05) is 13.2 Å². The molecule has 1 aromatic rings. The van der Waals surface area contributed by atoms with E-state index in [9.17, 15) is 0 Å². The third-order valence-electron chi connectivity index (χ3n) is 1.93. The van der Waals surface area contributed by atoms with Crippen LogP contribution in [0.2, 0.25) is 5.15 Å². The molecular formula is C11H17ClN2O2. The molecule has 0 atom stereocenters. The molecule has 0 fully saturated rings. The summed E-state index contributed by atoms with van der Waals surface area (Å²) in [5.41, 5.74) is 0.761. The van der Waals surface area contributed by atoms with Crippen molar-refractivity contribution in [3.63, 3.8) is 0 Å². The van der Waals surface area contributed by atoms with E-state index in [-0.39, 0.29) is 6.10 Å². The number of ether oxygens (including phenoxy) is 2. The van der Waals surface area contributed by atoms with E-state index in [0.717, 1.165) is 5.56 Å². The minimum atomic E-state index is 0.209. The minimum Gasteiger partial charge on any atom is -0.475 e. The molecule has 0 aliphatic heterocycles. The second kappa shape index (κ2) is 6.01. The largest absolute Gasteiger partial charge is 0.475 e. The number of nitrogens with zero attached hydrogens (tertiary/aromatic N) is 2. The first kappa shape index (κ1) is 13.2. The summed E-state index contributed by atoms with van der Waals surface area (Å²) in [6, 6.07) is 0. The third kappa shape index (κ3) is 3.94. The van der Waals surface area contributed by atoms with Gasteiger partial charge in [0.05, 0.1) is 12.7 Å². The molecule has 0 N–H and O–H groups in total. The molecule has 0 saturated heterocycles. The Morgan fingerprint density at radius 3 is 2.50 bits per heavy atom. The van der Waals surface area contributed by atoms with E-state index in [1.807, 2.05) is 20.8 Å². The zero-order valence-corrected chi connectivity index (χ0v) is 10.8. The van der Waals surface area contributed by atoms with Gasteiger partial charge in [-0.1, -0.05) is 11.6 Å². The van der Waals surface area contributed by atoms with Gasteiger partial charge in [-0.15, -0.1) is 0 Å². The number of aryl methyl sites for hydroxylation is 1. The summed E-state index contributed by atoms with van der Waals surface area (Å²) in [4.78, 5) is 8.21. The molecule has 0 unspecified atom stereocenters. The van der Waals surface area contributed by atoms with Gasteiger partial charge in [-0.25, -0.2) is 4.98 Å². The summed E-state index contributed by atoms with van der Waals surface area (Å²) < 4.78 is 10.9. The van der Waals surface area contributed by atoms with Crippen LogP contribution < -0.4 is 4.74 Å². The van der Waals surface area contributed by atoms with Crippen LogP contribution in [0, 0.1) is 13.8 Å². The van der Waals surface area contributed by atoms with Gasteiger partial charge in [-0.2, -0.15) is 4.98 Å². The molecule has 1 aromatic heterocycles. The number of aromatic nitrogens is 2. The molecule has 0 bridgehead atoms. The van der Waals surface area contributed by atoms with Crippen molar-refractivity contribution < 1.29 is 9.47 Å². The van der Waals surface area contributed by atoms with Crippen LogP contribution in [-0.2, 0) is 4.74 Å². The third-order valence-corrected chi connectivity index (χ3v) is 2.29. The Labute approximate surface area is 101 Å². The van der Waals surface area contributed by atoms with Crippen molar-refractivity contribution >= 4 is 11.6 Å². The number of hydrogen-bond acceptors (Lipinski definition) is 4. The SMILES string of the molecule is Cc1nc(Cl)c(C)c(OCCOC(C)C)n1. The normalized spacial score (nSPS) is 10.9. The lowest BCUT2D eigenvalue weighted by molar-refractivity contribution is 0.0540. The Kier molecular flexibility index (Phi) is 4.96. The van der Waals surface area contributed by atoms with E-state index < -0.39 is 0 Å². The second-order valence-electron chi connectivity index (χ2n) is 3.76. The molecule has 0 aliphatic rings. The molecule has 0 amide bonds. The Bertz CT molecular complexity index is 356. The molecule has 1 rings (SSSR count). The summed E-state index contributed by atoms with van der Waals surface area (Å²) >= 11 is 5.92. The molecule has 0 spiro atoms. The predicted molar refractivity (Wildman–Crippen MR) is 63.1 cm³/mol. The van der Waals surface area contributed by atoms with Crippen LogP contribution in [-0.4, -0.2) is 29.3 Å². The summed E-state index contributed by atoms with van der Waals surface area (Å²) in [5, 5.41) is 0.437. The fraction of sp³-hybridized carbons (Fsp3) is 0.636. The topological polar surface area (TPSA) is 44.2 Å². The highest BCUT2D eigenvalue weighted by Gasteiger charge is 2.08. The number of rotatable bonds is 5. The van der Waals surface area contributed by atoms with Crippen molar-refractivity contribution in [1.82, 2.24) is 9.97 Å². The maximum Gasteiger partial charge on any atom is 0.221 e. The minimum absolute atomic E-state index is 0.209. The lowest BCUT2D eigenvalue weighted by Crippen LogP contribution is -2.12. The average molecular weight is 245 g/mol. The summed E-state index contributed by atoms with van der Waals surface area (Å²) in [7, 11) is 0. The number of halogens is 1. The van der Waals surface area contributed by atoms with Gasteiger partial charge in [-0.3, -0.25) is 0 Å². The number of hydrogen-bond donors (Lipinski definition) is 0. The molecule has 16 heavy (non-hydrogen) atoms. The maximum absolute atomic E-state index is 5.92. The first-order valence-corrected chi connectivity index (χ1v) is 5.63. The van der Waals surface area contributed by atoms with Crippen LogP contribution in [0.3, 0.4) is 0 Å². The van der Waals surface area contributed by atoms with Crippen molar-refractivity contribution in [2.45, 2.75) is 33.8 Å². The second-order valence-corrected chi connectivity index (χ2v) is 4.12. The zero-order valence-electron chi connectivity index (χ0n) is 10.1. The van der Waals surface area contributed by atoms with Crippen molar-refractivity contribution in [2.24, 2.45) is 0 Å². The van der Waals surface area contributed by atoms with Crippen molar-refractivity contribution in [3.05, 3.63) is 16.5 Å². The van der Waals surface area contributed by atoms with Crippen LogP contribution in [0.25, 0.3) is 0 Å². The van der Waals surface area contributed by atoms with Gasteiger partial charge in [0.25, 0.3) is 0 Å². The molecular weight excluding hydrogens is 228 g/mol. The summed E-state index contributed by atoms with van der Waals surface area (Å²) in [6.07, 6.45) is 0.209. The molecule has 4 nitrogen and oxygen atoms in total. The Morgan fingerprint density at radius 1 is 1.19 bits per heavy atom. The lowest BCUT2D eigenvalue weighted by atomic mass is 10.3. The van der Waals surface area contributed by atoms with E-state index in [0.29, 0.717) is 30.1 Å². The van der Waals surface area contributed by atoms with Crippen LogP contribution >= 0.6 is 11.6 Å². The van der Waals surface area contributed by atoms with Crippen molar-refractivity contribution in [3.8, 4) is 5.88 Å². The smallest absolute Gasteiger partial charge is 0.221 e. The first-order chi connectivity index (χ1) is 7.50. The lowest BCUT2D eigenvalue weighted by Gasteiger charge is -2.11. The molecule has 0 aromatic carbocycles. The maximum atomic E-state index is 5.92. The Morgan fingerprint density at radius 2 is 1.88 bits per heavy atom. The van der Waals surface area contributed by atoms with E-state index in [4.69, 9.17) is 21.1 Å². The summed E-state index contributed by atoms with van der Waals surface area (Å²) in [5.74, 6) is 1.14.